The molecule has 2 heterocycles. The molecular weight excluding hydrogens is 316 g/mol. The number of anilines is 1. The molecule has 1 aliphatic heterocycles. The van der Waals surface area contributed by atoms with Crippen molar-refractivity contribution in [2.75, 3.05) is 31.1 Å². The van der Waals surface area contributed by atoms with Crippen LogP contribution in [0.2, 0.25) is 0 Å². The van der Waals surface area contributed by atoms with Crippen LogP contribution in [0.5, 0.6) is 0 Å². The van der Waals surface area contributed by atoms with Gasteiger partial charge in [-0.25, -0.2) is 0 Å². The van der Waals surface area contributed by atoms with Crippen LogP contribution in [0.15, 0.2) is 40.2 Å². The molecule has 116 valence electrons. The fourth-order valence-corrected chi connectivity index (χ4v) is 4.21. The van der Waals surface area contributed by atoms with Crippen molar-refractivity contribution >= 4 is 34.7 Å². The van der Waals surface area contributed by atoms with Gasteiger partial charge in [0.2, 0.25) is 5.91 Å². The Labute approximate surface area is 138 Å². The van der Waals surface area contributed by atoms with Gasteiger partial charge in [-0.1, -0.05) is 41.3 Å². The van der Waals surface area contributed by atoms with Crippen molar-refractivity contribution in [3.8, 4) is 0 Å². The lowest BCUT2D eigenvalue weighted by Crippen LogP contribution is -2.50. The zero-order chi connectivity index (χ0) is 15.4. The first kappa shape index (κ1) is 15.3. The Morgan fingerprint density at radius 1 is 1.23 bits per heavy atom. The number of rotatable bonds is 4. The fourth-order valence-electron chi connectivity index (χ4n) is 2.50. The van der Waals surface area contributed by atoms with Crippen molar-refractivity contribution < 1.29 is 4.79 Å². The Hall–Kier alpha value is -1.60. The standard InChI is InChI=1S/C15H18N4OS2/c1-12(22-15-17-16-11-21-15)14(20)19-9-7-18(8-10-19)13-5-3-2-4-6-13/h2-6,11-12H,7-10H2,1H3/t12-/m1/s1. The van der Waals surface area contributed by atoms with Gasteiger partial charge in [0.05, 0.1) is 5.25 Å². The zero-order valence-electron chi connectivity index (χ0n) is 12.4. The van der Waals surface area contributed by atoms with E-state index in [0.717, 1.165) is 30.5 Å². The number of amides is 1. The van der Waals surface area contributed by atoms with E-state index < -0.39 is 0 Å². The second-order valence-corrected chi connectivity index (χ2v) is 7.53. The average molecular weight is 334 g/mol. The minimum Gasteiger partial charge on any atom is -0.368 e. The third kappa shape index (κ3) is 3.59. The molecule has 2 aromatic rings. The highest BCUT2D eigenvalue weighted by Gasteiger charge is 2.26. The first-order valence-corrected chi connectivity index (χ1v) is 9.01. The summed E-state index contributed by atoms with van der Waals surface area (Å²) in [6.45, 7) is 5.25. The lowest BCUT2D eigenvalue weighted by atomic mass is 10.2. The molecule has 0 bridgehead atoms. The van der Waals surface area contributed by atoms with E-state index in [9.17, 15) is 4.79 Å². The van der Waals surface area contributed by atoms with Crippen LogP contribution < -0.4 is 4.90 Å². The lowest BCUT2D eigenvalue weighted by molar-refractivity contribution is -0.130. The zero-order valence-corrected chi connectivity index (χ0v) is 14.0. The van der Waals surface area contributed by atoms with E-state index in [1.807, 2.05) is 30.0 Å². The average Bonchev–Trinajstić information content (AvgIpc) is 3.08. The molecule has 1 aromatic heterocycles. The molecule has 0 radical (unpaired) electrons. The fraction of sp³-hybridized carbons (Fsp3) is 0.400. The maximum atomic E-state index is 12.5. The Bertz CT molecular complexity index is 597. The van der Waals surface area contributed by atoms with Crippen LogP contribution in [-0.2, 0) is 4.79 Å². The van der Waals surface area contributed by atoms with E-state index in [1.165, 1.54) is 28.8 Å². The quantitative estimate of drug-likeness (QED) is 0.804. The predicted molar refractivity (Wildman–Crippen MR) is 90.5 cm³/mol. The molecule has 1 fully saturated rings. The van der Waals surface area contributed by atoms with Gasteiger partial charge < -0.3 is 9.80 Å². The van der Waals surface area contributed by atoms with Crippen molar-refractivity contribution in [3.05, 3.63) is 35.8 Å². The van der Waals surface area contributed by atoms with Gasteiger partial charge in [0.15, 0.2) is 4.34 Å². The summed E-state index contributed by atoms with van der Waals surface area (Å²) in [6, 6.07) is 10.4. The molecule has 22 heavy (non-hydrogen) atoms. The smallest absolute Gasteiger partial charge is 0.235 e. The van der Waals surface area contributed by atoms with Crippen molar-refractivity contribution in [1.82, 2.24) is 15.1 Å². The van der Waals surface area contributed by atoms with Crippen LogP contribution in [0.4, 0.5) is 5.69 Å². The van der Waals surface area contributed by atoms with Crippen molar-refractivity contribution in [3.63, 3.8) is 0 Å². The lowest BCUT2D eigenvalue weighted by Gasteiger charge is -2.37. The highest BCUT2D eigenvalue weighted by atomic mass is 32.2. The Morgan fingerprint density at radius 3 is 2.59 bits per heavy atom. The molecule has 0 aliphatic carbocycles. The summed E-state index contributed by atoms with van der Waals surface area (Å²) >= 11 is 2.96. The van der Waals surface area contributed by atoms with E-state index in [4.69, 9.17) is 0 Å². The van der Waals surface area contributed by atoms with Crippen molar-refractivity contribution in [2.45, 2.75) is 16.5 Å². The first-order valence-electron chi connectivity index (χ1n) is 7.25. The van der Waals surface area contributed by atoms with Gasteiger partial charge >= 0.3 is 0 Å². The summed E-state index contributed by atoms with van der Waals surface area (Å²) < 4.78 is 0.851. The Kier molecular flexibility index (Phi) is 4.94. The van der Waals surface area contributed by atoms with Gasteiger partial charge in [0, 0.05) is 31.9 Å². The number of para-hydroxylation sites is 1. The van der Waals surface area contributed by atoms with E-state index in [2.05, 4.69) is 27.2 Å². The molecule has 1 aliphatic rings. The summed E-state index contributed by atoms with van der Waals surface area (Å²) in [5, 5.41) is 7.68. The number of hydrogen-bond acceptors (Lipinski definition) is 6. The molecule has 7 heteroatoms. The van der Waals surface area contributed by atoms with Crippen LogP contribution in [0.1, 0.15) is 6.92 Å². The largest absolute Gasteiger partial charge is 0.368 e. The third-order valence-electron chi connectivity index (χ3n) is 3.68. The van der Waals surface area contributed by atoms with Crippen LogP contribution in [0.25, 0.3) is 0 Å². The van der Waals surface area contributed by atoms with Gasteiger partial charge in [-0.15, -0.1) is 10.2 Å². The van der Waals surface area contributed by atoms with E-state index in [0.29, 0.717) is 0 Å². The summed E-state index contributed by atoms with van der Waals surface area (Å²) in [4.78, 5) is 16.8. The summed E-state index contributed by atoms with van der Waals surface area (Å²) in [6.07, 6.45) is 0. The number of nitrogens with zero attached hydrogens (tertiary/aromatic N) is 4. The molecule has 1 atom stereocenters. The predicted octanol–water partition coefficient (Wildman–Crippen LogP) is 2.37. The highest BCUT2D eigenvalue weighted by molar-refractivity contribution is 8.02. The monoisotopic (exact) mass is 334 g/mol. The first-order chi connectivity index (χ1) is 10.7. The maximum absolute atomic E-state index is 12.5. The number of piperazine rings is 1. The molecule has 5 nitrogen and oxygen atoms in total. The SMILES string of the molecule is C[C@@H](Sc1nncs1)C(=O)N1CCN(c2ccccc2)CC1. The van der Waals surface area contributed by atoms with E-state index >= 15 is 0 Å². The number of aromatic nitrogens is 2. The summed E-state index contributed by atoms with van der Waals surface area (Å²) in [7, 11) is 0. The number of carbonyl (C=O) groups excluding carboxylic acids is 1. The number of benzene rings is 1. The number of carbonyl (C=O) groups is 1. The maximum Gasteiger partial charge on any atom is 0.235 e. The third-order valence-corrected chi connectivity index (χ3v) is 5.58. The van der Waals surface area contributed by atoms with Crippen LogP contribution in [0, 0.1) is 0 Å². The van der Waals surface area contributed by atoms with Crippen molar-refractivity contribution in [1.29, 1.82) is 0 Å². The second-order valence-electron chi connectivity index (χ2n) is 5.11. The van der Waals surface area contributed by atoms with Crippen LogP contribution >= 0.6 is 23.1 Å². The van der Waals surface area contributed by atoms with E-state index in [-0.39, 0.29) is 11.2 Å². The van der Waals surface area contributed by atoms with Crippen LogP contribution in [-0.4, -0.2) is 52.4 Å². The molecule has 0 unspecified atom stereocenters. The summed E-state index contributed by atoms with van der Waals surface area (Å²) in [5.74, 6) is 0.188. The minimum atomic E-state index is -0.115. The molecule has 1 amide bonds. The van der Waals surface area contributed by atoms with Gasteiger partial charge in [-0.3, -0.25) is 4.79 Å². The topological polar surface area (TPSA) is 49.3 Å². The normalized spacial score (nSPS) is 16.6. The van der Waals surface area contributed by atoms with Gasteiger partial charge in [-0.2, -0.15) is 0 Å². The Morgan fingerprint density at radius 2 is 1.95 bits per heavy atom. The molecule has 0 saturated carbocycles. The molecule has 0 spiro atoms. The van der Waals surface area contributed by atoms with Gasteiger partial charge in [0.25, 0.3) is 0 Å². The van der Waals surface area contributed by atoms with E-state index in [1.54, 1.807) is 5.51 Å². The molecule has 3 rings (SSSR count). The molecular formula is C15H18N4OS2. The number of hydrogen-bond donors (Lipinski definition) is 0. The van der Waals surface area contributed by atoms with Crippen molar-refractivity contribution in [2.24, 2.45) is 0 Å². The van der Waals surface area contributed by atoms with Gasteiger partial charge in [-0.05, 0) is 19.1 Å². The van der Waals surface area contributed by atoms with Gasteiger partial charge in [0.1, 0.15) is 5.51 Å². The summed E-state index contributed by atoms with van der Waals surface area (Å²) in [5.41, 5.74) is 2.92. The molecule has 1 aromatic carbocycles. The number of thioether (sulfide) groups is 1. The minimum absolute atomic E-state index is 0.115. The Balaban J connectivity index is 1.53. The highest BCUT2D eigenvalue weighted by Crippen LogP contribution is 2.26. The molecule has 0 N–H and O–H groups in total. The second kappa shape index (κ2) is 7.11. The van der Waals surface area contributed by atoms with Crippen LogP contribution in [0.3, 0.4) is 0 Å². The molecule has 1 saturated heterocycles.